The fraction of sp³-hybridized carbons (Fsp3) is 0.588. The molecule has 0 aliphatic carbocycles. The molecule has 8 heteroatoms. The van der Waals surface area contributed by atoms with Crippen LogP contribution in [0.15, 0.2) is 23.1 Å². The maximum Gasteiger partial charge on any atom is 0.240 e. The number of hydrogen-bond donors (Lipinski definition) is 2. The molecule has 1 aromatic rings. The zero-order valence-corrected chi connectivity index (χ0v) is 15.4. The van der Waals surface area contributed by atoms with Gasteiger partial charge in [-0.3, -0.25) is 4.79 Å². The van der Waals surface area contributed by atoms with E-state index in [0.29, 0.717) is 50.6 Å². The molecule has 25 heavy (non-hydrogen) atoms. The summed E-state index contributed by atoms with van der Waals surface area (Å²) in [5, 5.41) is 2.82. The number of hydrogen-bond acceptors (Lipinski definition) is 5. The van der Waals surface area contributed by atoms with Crippen LogP contribution < -0.4 is 19.5 Å². The molecule has 0 saturated heterocycles. The van der Waals surface area contributed by atoms with Crippen molar-refractivity contribution >= 4 is 15.9 Å². The van der Waals surface area contributed by atoms with Crippen LogP contribution in [0.25, 0.3) is 0 Å². The highest BCUT2D eigenvalue weighted by atomic mass is 32.2. The quantitative estimate of drug-likeness (QED) is 0.613. The summed E-state index contributed by atoms with van der Waals surface area (Å²) >= 11 is 0. The van der Waals surface area contributed by atoms with Gasteiger partial charge < -0.3 is 14.8 Å². The van der Waals surface area contributed by atoms with Crippen LogP contribution in [0.3, 0.4) is 0 Å². The molecule has 2 rings (SSSR count). The lowest BCUT2D eigenvalue weighted by Crippen LogP contribution is -2.25. The Kier molecular flexibility index (Phi) is 7.52. The van der Waals surface area contributed by atoms with Crippen molar-refractivity contribution < 1.29 is 22.7 Å². The van der Waals surface area contributed by atoms with E-state index in [1.54, 1.807) is 6.07 Å². The van der Waals surface area contributed by atoms with E-state index in [4.69, 9.17) is 9.47 Å². The summed E-state index contributed by atoms with van der Waals surface area (Å²) in [6.07, 6.45) is 3.64. The van der Waals surface area contributed by atoms with Gasteiger partial charge >= 0.3 is 0 Å². The van der Waals surface area contributed by atoms with Crippen molar-refractivity contribution in [3.8, 4) is 11.5 Å². The van der Waals surface area contributed by atoms with Crippen LogP contribution in [-0.4, -0.2) is 40.6 Å². The summed E-state index contributed by atoms with van der Waals surface area (Å²) in [5.74, 6) is 1.07. The number of ether oxygens (including phenoxy) is 2. The van der Waals surface area contributed by atoms with Crippen LogP contribution in [0.4, 0.5) is 0 Å². The van der Waals surface area contributed by atoms with E-state index in [0.717, 1.165) is 19.3 Å². The number of unbranched alkanes of at least 4 members (excludes halogenated alkanes) is 2. The SMILES string of the molecule is CCCNC(=O)CCCCCNS(=O)(=O)c1ccc2c(c1)OCCO2. The van der Waals surface area contributed by atoms with Crippen LogP contribution in [0.1, 0.15) is 39.0 Å². The van der Waals surface area contributed by atoms with Gasteiger partial charge in [0.25, 0.3) is 0 Å². The monoisotopic (exact) mass is 370 g/mol. The Balaban J connectivity index is 1.72. The largest absolute Gasteiger partial charge is 0.486 e. The molecule has 0 spiro atoms. The first kappa shape index (κ1) is 19.5. The summed E-state index contributed by atoms with van der Waals surface area (Å²) in [5.41, 5.74) is 0. The molecule has 1 aliphatic heterocycles. The molecule has 140 valence electrons. The van der Waals surface area contributed by atoms with Gasteiger partial charge in [0.2, 0.25) is 15.9 Å². The second-order valence-electron chi connectivity index (χ2n) is 5.86. The molecule has 0 unspecified atom stereocenters. The van der Waals surface area contributed by atoms with Crippen molar-refractivity contribution in [3.05, 3.63) is 18.2 Å². The van der Waals surface area contributed by atoms with Crippen LogP contribution in [-0.2, 0) is 14.8 Å². The third kappa shape index (κ3) is 6.21. The van der Waals surface area contributed by atoms with E-state index in [-0.39, 0.29) is 10.8 Å². The van der Waals surface area contributed by atoms with Gasteiger partial charge in [0.1, 0.15) is 13.2 Å². The molecule has 1 aliphatic rings. The normalized spacial score (nSPS) is 13.5. The number of carbonyl (C=O) groups excluding carboxylic acids is 1. The highest BCUT2D eigenvalue weighted by Crippen LogP contribution is 2.32. The lowest BCUT2D eigenvalue weighted by molar-refractivity contribution is -0.121. The first-order valence-corrected chi connectivity index (χ1v) is 10.2. The Labute approximate surface area is 149 Å². The third-order valence-corrected chi connectivity index (χ3v) is 5.23. The number of nitrogens with one attached hydrogen (secondary N) is 2. The molecule has 0 aromatic heterocycles. The fourth-order valence-electron chi connectivity index (χ4n) is 2.42. The summed E-state index contributed by atoms with van der Waals surface area (Å²) in [6.45, 7) is 3.93. The van der Waals surface area contributed by atoms with Crippen molar-refractivity contribution in [1.82, 2.24) is 10.0 Å². The Hall–Kier alpha value is -1.80. The Morgan fingerprint density at radius 1 is 1.08 bits per heavy atom. The minimum absolute atomic E-state index is 0.0544. The number of amides is 1. The van der Waals surface area contributed by atoms with E-state index in [1.165, 1.54) is 12.1 Å². The number of carbonyl (C=O) groups is 1. The Bertz CT molecular complexity index is 676. The maximum absolute atomic E-state index is 12.3. The van der Waals surface area contributed by atoms with Gasteiger partial charge in [-0.25, -0.2) is 13.1 Å². The van der Waals surface area contributed by atoms with Gasteiger partial charge in [0.15, 0.2) is 11.5 Å². The molecule has 7 nitrogen and oxygen atoms in total. The lowest BCUT2D eigenvalue weighted by Gasteiger charge is -2.18. The topological polar surface area (TPSA) is 93.7 Å². The molecule has 0 saturated carbocycles. The van der Waals surface area contributed by atoms with Crippen molar-refractivity contribution in [1.29, 1.82) is 0 Å². The van der Waals surface area contributed by atoms with Crippen LogP contribution in [0, 0.1) is 0 Å². The van der Waals surface area contributed by atoms with E-state index >= 15 is 0 Å². The molecule has 0 atom stereocenters. The third-order valence-electron chi connectivity index (χ3n) is 3.77. The van der Waals surface area contributed by atoms with Crippen molar-refractivity contribution in [3.63, 3.8) is 0 Å². The zero-order valence-electron chi connectivity index (χ0n) is 14.5. The summed E-state index contributed by atoms with van der Waals surface area (Å²) in [4.78, 5) is 11.6. The molecule has 0 fully saturated rings. The molecule has 1 aromatic carbocycles. The van der Waals surface area contributed by atoms with Gasteiger partial charge in [0.05, 0.1) is 4.90 Å². The fourth-order valence-corrected chi connectivity index (χ4v) is 3.51. The summed E-state index contributed by atoms with van der Waals surface area (Å²) < 4.78 is 38.0. The molecular formula is C17H26N2O5S. The van der Waals surface area contributed by atoms with Crippen molar-refractivity contribution in [2.75, 3.05) is 26.3 Å². The van der Waals surface area contributed by atoms with Gasteiger partial charge in [-0.15, -0.1) is 0 Å². The summed E-state index contributed by atoms with van der Waals surface area (Å²) in [7, 11) is -3.57. The zero-order chi connectivity index (χ0) is 18.1. The van der Waals surface area contributed by atoms with Gasteiger partial charge in [-0.2, -0.15) is 0 Å². The van der Waals surface area contributed by atoms with E-state index in [9.17, 15) is 13.2 Å². The summed E-state index contributed by atoms with van der Waals surface area (Å²) in [6, 6.07) is 4.60. The van der Waals surface area contributed by atoms with Crippen LogP contribution in [0.5, 0.6) is 11.5 Å². The second-order valence-corrected chi connectivity index (χ2v) is 7.63. The van der Waals surface area contributed by atoms with Gasteiger partial charge in [-0.05, 0) is 31.4 Å². The van der Waals surface area contributed by atoms with E-state index in [1.807, 2.05) is 6.92 Å². The number of sulfonamides is 1. The first-order chi connectivity index (χ1) is 12.0. The average Bonchev–Trinajstić information content (AvgIpc) is 2.62. The Morgan fingerprint density at radius 2 is 1.84 bits per heavy atom. The maximum atomic E-state index is 12.3. The van der Waals surface area contributed by atoms with Crippen molar-refractivity contribution in [2.24, 2.45) is 0 Å². The number of fused-ring (bicyclic) bond motifs is 1. The predicted octanol–water partition coefficient (Wildman–Crippen LogP) is 1.82. The smallest absolute Gasteiger partial charge is 0.240 e. The highest BCUT2D eigenvalue weighted by Gasteiger charge is 2.18. The van der Waals surface area contributed by atoms with Gasteiger partial charge in [0, 0.05) is 25.6 Å². The molecule has 0 bridgehead atoms. The molecular weight excluding hydrogens is 344 g/mol. The minimum atomic E-state index is -3.57. The van der Waals surface area contributed by atoms with Crippen LogP contribution >= 0.6 is 0 Å². The average molecular weight is 370 g/mol. The molecule has 0 radical (unpaired) electrons. The van der Waals surface area contributed by atoms with E-state index in [2.05, 4.69) is 10.0 Å². The minimum Gasteiger partial charge on any atom is -0.486 e. The second kappa shape index (κ2) is 9.62. The molecule has 1 amide bonds. The standard InChI is InChI=1S/C17H26N2O5S/c1-2-9-18-17(20)6-4-3-5-10-19-25(21,22)14-7-8-15-16(13-14)24-12-11-23-15/h7-8,13,19H,2-6,9-12H2,1H3,(H,18,20). The predicted molar refractivity (Wildman–Crippen MR) is 94.4 cm³/mol. The van der Waals surface area contributed by atoms with Crippen LogP contribution in [0.2, 0.25) is 0 Å². The first-order valence-electron chi connectivity index (χ1n) is 8.69. The van der Waals surface area contributed by atoms with Gasteiger partial charge in [-0.1, -0.05) is 13.3 Å². The molecule has 1 heterocycles. The Morgan fingerprint density at radius 3 is 2.60 bits per heavy atom. The number of rotatable bonds is 10. The van der Waals surface area contributed by atoms with Crippen molar-refractivity contribution in [2.45, 2.75) is 43.9 Å². The lowest BCUT2D eigenvalue weighted by atomic mass is 10.2. The van der Waals surface area contributed by atoms with E-state index < -0.39 is 10.0 Å². The molecule has 2 N–H and O–H groups in total. The number of benzene rings is 1. The highest BCUT2D eigenvalue weighted by molar-refractivity contribution is 7.89.